The summed E-state index contributed by atoms with van der Waals surface area (Å²) >= 11 is 0. The Labute approximate surface area is 146 Å². The molecule has 128 valence electrons. The van der Waals surface area contributed by atoms with Crippen LogP contribution in [0.15, 0.2) is 36.5 Å². The Balaban J connectivity index is 2.23. The SMILES string of the molecule is CC(=O)C(C#N)C(=O)Nc1nccc(-c2ccc(C(C)(C)C)cc2)n1. The van der Waals surface area contributed by atoms with Crippen molar-refractivity contribution in [3.8, 4) is 17.3 Å². The fraction of sp³-hybridized carbons (Fsp3) is 0.316. The number of anilines is 1. The number of nitriles is 1. The zero-order valence-corrected chi connectivity index (χ0v) is 14.7. The van der Waals surface area contributed by atoms with E-state index >= 15 is 0 Å². The molecule has 2 rings (SSSR count). The van der Waals surface area contributed by atoms with Crippen LogP contribution >= 0.6 is 0 Å². The Hall–Kier alpha value is -3.07. The molecule has 1 unspecified atom stereocenters. The molecule has 1 atom stereocenters. The molecule has 0 saturated carbocycles. The predicted molar refractivity (Wildman–Crippen MR) is 94.6 cm³/mol. The van der Waals surface area contributed by atoms with Crippen LogP contribution in [-0.4, -0.2) is 21.7 Å². The number of rotatable bonds is 4. The highest BCUT2D eigenvalue weighted by Gasteiger charge is 2.23. The van der Waals surface area contributed by atoms with Gasteiger partial charge in [0, 0.05) is 11.8 Å². The monoisotopic (exact) mass is 336 g/mol. The minimum absolute atomic E-state index is 0.0579. The van der Waals surface area contributed by atoms with Crippen molar-refractivity contribution in [2.24, 2.45) is 5.92 Å². The Morgan fingerprint density at radius 2 is 1.80 bits per heavy atom. The van der Waals surface area contributed by atoms with Crippen molar-refractivity contribution in [2.45, 2.75) is 33.1 Å². The van der Waals surface area contributed by atoms with Crippen LogP contribution in [-0.2, 0) is 15.0 Å². The van der Waals surface area contributed by atoms with Gasteiger partial charge in [0.15, 0.2) is 11.7 Å². The third-order valence-electron chi connectivity index (χ3n) is 3.74. The molecule has 0 spiro atoms. The van der Waals surface area contributed by atoms with Gasteiger partial charge in [0.25, 0.3) is 5.91 Å². The molecule has 25 heavy (non-hydrogen) atoms. The van der Waals surface area contributed by atoms with Gasteiger partial charge in [-0.2, -0.15) is 5.26 Å². The third-order valence-corrected chi connectivity index (χ3v) is 3.74. The normalized spacial score (nSPS) is 12.1. The summed E-state index contributed by atoms with van der Waals surface area (Å²) in [5, 5.41) is 11.3. The van der Waals surface area contributed by atoms with Crippen LogP contribution in [0.5, 0.6) is 0 Å². The summed E-state index contributed by atoms with van der Waals surface area (Å²) in [5.41, 5.74) is 2.79. The molecule has 2 aromatic rings. The van der Waals surface area contributed by atoms with Crippen LogP contribution in [0.3, 0.4) is 0 Å². The maximum Gasteiger partial charge on any atom is 0.251 e. The number of ketones is 1. The van der Waals surface area contributed by atoms with Gasteiger partial charge in [-0.05, 0) is 24.0 Å². The summed E-state index contributed by atoms with van der Waals surface area (Å²) in [5.74, 6) is -2.55. The minimum Gasteiger partial charge on any atom is -0.298 e. The van der Waals surface area contributed by atoms with Gasteiger partial charge >= 0.3 is 0 Å². The van der Waals surface area contributed by atoms with Gasteiger partial charge in [-0.15, -0.1) is 0 Å². The maximum atomic E-state index is 12.0. The molecule has 0 radical (unpaired) electrons. The molecule has 0 aliphatic carbocycles. The summed E-state index contributed by atoms with van der Waals surface area (Å²) in [4.78, 5) is 31.5. The van der Waals surface area contributed by atoms with Gasteiger partial charge in [0.2, 0.25) is 5.95 Å². The average molecular weight is 336 g/mol. The highest BCUT2D eigenvalue weighted by molar-refractivity contribution is 6.08. The fourth-order valence-electron chi connectivity index (χ4n) is 2.24. The first-order valence-electron chi connectivity index (χ1n) is 7.87. The van der Waals surface area contributed by atoms with E-state index in [1.54, 1.807) is 12.1 Å². The zero-order chi connectivity index (χ0) is 18.6. The standard InChI is InChI=1S/C19H20N4O2/c1-12(24)15(11-20)17(25)23-18-21-10-9-16(22-18)13-5-7-14(8-6-13)19(2,3)4/h5-10,15H,1-4H3,(H,21,22,23,25). The number of hydrogen-bond donors (Lipinski definition) is 1. The first-order valence-corrected chi connectivity index (χ1v) is 7.87. The molecule has 0 aliphatic rings. The quantitative estimate of drug-likeness (QED) is 0.865. The zero-order valence-electron chi connectivity index (χ0n) is 14.7. The number of nitrogens with zero attached hydrogens (tertiary/aromatic N) is 3. The summed E-state index contributed by atoms with van der Waals surface area (Å²) in [6.07, 6.45) is 1.52. The molecule has 0 aliphatic heterocycles. The Bertz CT molecular complexity index is 830. The van der Waals surface area contributed by atoms with E-state index in [-0.39, 0.29) is 11.4 Å². The lowest BCUT2D eigenvalue weighted by molar-refractivity contribution is -0.127. The molecule has 1 N–H and O–H groups in total. The maximum absolute atomic E-state index is 12.0. The highest BCUT2D eigenvalue weighted by atomic mass is 16.2. The van der Waals surface area contributed by atoms with Gasteiger partial charge in [0.05, 0.1) is 11.8 Å². The average Bonchev–Trinajstić information content (AvgIpc) is 2.54. The molecule has 0 saturated heterocycles. The molecule has 6 heteroatoms. The highest BCUT2D eigenvalue weighted by Crippen LogP contribution is 2.25. The number of hydrogen-bond acceptors (Lipinski definition) is 5. The van der Waals surface area contributed by atoms with Gasteiger partial charge in [-0.3, -0.25) is 14.9 Å². The van der Waals surface area contributed by atoms with Crippen LogP contribution in [0.1, 0.15) is 33.3 Å². The Morgan fingerprint density at radius 1 is 1.16 bits per heavy atom. The van der Waals surface area contributed by atoms with Crippen molar-refractivity contribution in [2.75, 3.05) is 5.32 Å². The van der Waals surface area contributed by atoms with E-state index in [0.717, 1.165) is 5.56 Å². The molecule has 6 nitrogen and oxygen atoms in total. The number of amides is 1. The molecule has 1 aromatic carbocycles. The number of carbonyl (C=O) groups excluding carboxylic acids is 2. The molecular weight excluding hydrogens is 316 g/mol. The summed E-state index contributed by atoms with van der Waals surface area (Å²) in [6, 6.07) is 11.4. The van der Waals surface area contributed by atoms with Crippen LogP contribution in [0, 0.1) is 17.2 Å². The van der Waals surface area contributed by atoms with Crippen molar-refractivity contribution >= 4 is 17.6 Å². The van der Waals surface area contributed by atoms with Gasteiger partial charge in [-0.1, -0.05) is 45.0 Å². The topological polar surface area (TPSA) is 95.7 Å². The number of nitrogens with one attached hydrogen (secondary N) is 1. The van der Waals surface area contributed by atoms with Crippen LogP contribution < -0.4 is 5.32 Å². The number of carbonyl (C=O) groups is 2. The predicted octanol–water partition coefficient (Wildman–Crippen LogP) is 3.11. The largest absolute Gasteiger partial charge is 0.298 e. The number of Topliss-reactive ketones (excluding diaryl/α,β-unsaturated/α-hetero) is 1. The molecule has 1 heterocycles. The van der Waals surface area contributed by atoms with Crippen LogP contribution in [0.25, 0.3) is 11.3 Å². The molecule has 1 amide bonds. The number of aromatic nitrogens is 2. The molecule has 1 aromatic heterocycles. The van der Waals surface area contributed by atoms with E-state index in [0.29, 0.717) is 5.69 Å². The summed E-state index contributed by atoms with van der Waals surface area (Å²) in [7, 11) is 0. The van der Waals surface area contributed by atoms with E-state index < -0.39 is 17.6 Å². The first-order chi connectivity index (χ1) is 11.7. The first kappa shape index (κ1) is 18.3. The van der Waals surface area contributed by atoms with Crippen molar-refractivity contribution in [1.29, 1.82) is 5.26 Å². The molecular formula is C19H20N4O2. The van der Waals surface area contributed by atoms with E-state index in [9.17, 15) is 9.59 Å². The van der Waals surface area contributed by atoms with E-state index in [4.69, 9.17) is 5.26 Å². The summed E-state index contributed by atoms with van der Waals surface area (Å²) in [6.45, 7) is 7.62. The lowest BCUT2D eigenvalue weighted by Gasteiger charge is -2.19. The second-order valence-electron chi connectivity index (χ2n) is 6.75. The molecule has 0 fully saturated rings. The van der Waals surface area contributed by atoms with Gasteiger partial charge in [0.1, 0.15) is 0 Å². The lowest BCUT2D eigenvalue weighted by atomic mass is 9.86. The minimum atomic E-state index is -1.36. The van der Waals surface area contributed by atoms with E-state index in [1.165, 1.54) is 18.7 Å². The summed E-state index contributed by atoms with van der Waals surface area (Å²) < 4.78 is 0. The lowest BCUT2D eigenvalue weighted by Crippen LogP contribution is -2.27. The molecule has 0 bridgehead atoms. The van der Waals surface area contributed by atoms with Crippen molar-refractivity contribution in [1.82, 2.24) is 9.97 Å². The van der Waals surface area contributed by atoms with Crippen molar-refractivity contribution in [3.63, 3.8) is 0 Å². The second-order valence-corrected chi connectivity index (χ2v) is 6.75. The van der Waals surface area contributed by atoms with Crippen molar-refractivity contribution in [3.05, 3.63) is 42.1 Å². The third kappa shape index (κ3) is 4.48. The van der Waals surface area contributed by atoms with Crippen LogP contribution in [0.4, 0.5) is 5.95 Å². The second kappa shape index (κ2) is 7.22. The van der Waals surface area contributed by atoms with Gasteiger partial charge < -0.3 is 0 Å². The smallest absolute Gasteiger partial charge is 0.251 e. The van der Waals surface area contributed by atoms with Crippen molar-refractivity contribution < 1.29 is 9.59 Å². The fourth-order valence-corrected chi connectivity index (χ4v) is 2.24. The van der Waals surface area contributed by atoms with E-state index in [2.05, 4.69) is 36.1 Å². The number of benzene rings is 1. The van der Waals surface area contributed by atoms with Crippen LogP contribution in [0.2, 0.25) is 0 Å². The van der Waals surface area contributed by atoms with Gasteiger partial charge in [-0.25, -0.2) is 9.97 Å². The Kier molecular flexibility index (Phi) is 5.28. The Morgan fingerprint density at radius 3 is 2.32 bits per heavy atom. The van der Waals surface area contributed by atoms with E-state index in [1.807, 2.05) is 24.3 Å².